The number of ether oxygens (including phenoxy) is 4. The molecule has 2 aliphatic heterocycles. The number of methoxy groups -OCH3 is 1. The Hall–Kier alpha value is -3.98. The molecule has 1 fully saturated rings. The lowest BCUT2D eigenvalue weighted by atomic mass is 10.1. The Morgan fingerprint density at radius 3 is 2.59 bits per heavy atom. The molecule has 37 heavy (non-hydrogen) atoms. The molecule has 194 valence electrons. The van der Waals surface area contributed by atoms with Crippen molar-refractivity contribution in [1.82, 2.24) is 14.8 Å². The van der Waals surface area contributed by atoms with E-state index in [2.05, 4.69) is 16.0 Å². The molecule has 0 radical (unpaired) electrons. The number of pyridine rings is 1. The second kappa shape index (κ2) is 11.4. The molecule has 1 saturated heterocycles. The summed E-state index contributed by atoms with van der Waals surface area (Å²) >= 11 is 0. The fourth-order valence-electron chi connectivity index (χ4n) is 4.56. The molecule has 0 atom stereocenters. The van der Waals surface area contributed by atoms with Crippen molar-refractivity contribution in [2.45, 2.75) is 13.5 Å². The van der Waals surface area contributed by atoms with Crippen LogP contribution in [0.25, 0.3) is 0 Å². The van der Waals surface area contributed by atoms with Gasteiger partial charge in [0.2, 0.25) is 18.6 Å². The van der Waals surface area contributed by atoms with Crippen LogP contribution in [0.2, 0.25) is 0 Å². The number of aromatic nitrogens is 1. The monoisotopic (exact) mass is 504 g/mol. The maximum Gasteiger partial charge on any atom is 0.242 e. The van der Waals surface area contributed by atoms with Gasteiger partial charge in [0.25, 0.3) is 0 Å². The first-order valence-corrected chi connectivity index (χ1v) is 12.5. The van der Waals surface area contributed by atoms with E-state index in [0.29, 0.717) is 43.6 Å². The molecule has 2 aromatic carbocycles. The van der Waals surface area contributed by atoms with E-state index in [0.717, 1.165) is 36.8 Å². The molecule has 1 aromatic heterocycles. The molecule has 9 nitrogen and oxygen atoms in total. The Balaban J connectivity index is 1.16. The quantitative estimate of drug-likeness (QED) is 0.436. The van der Waals surface area contributed by atoms with Crippen LogP contribution in [-0.2, 0) is 11.3 Å². The van der Waals surface area contributed by atoms with Gasteiger partial charge in [-0.3, -0.25) is 9.69 Å². The van der Waals surface area contributed by atoms with Gasteiger partial charge in [0.15, 0.2) is 23.0 Å². The normalized spacial score (nSPS) is 14.9. The smallest absolute Gasteiger partial charge is 0.242 e. The van der Waals surface area contributed by atoms with Crippen molar-refractivity contribution in [3.05, 3.63) is 66.4 Å². The van der Waals surface area contributed by atoms with Crippen LogP contribution in [0, 0.1) is 0 Å². The van der Waals surface area contributed by atoms with E-state index >= 15 is 0 Å². The lowest BCUT2D eigenvalue weighted by Crippen LogP contribution is -2.51. The van der Waals surface area contributed by atoms with E-state index in [4.69, 9.17) is 18.9 Å². The van der Waals surface area contributed by atoms with Crippen LogP contribution < -0.4 is 23.8 Å². The van der Waals surface area contributed by atoms with Crippen molar-refractivity contribution in [2.24, 2.45) is 0 Å². The number of benzene rings is 2. The number of fused-ring (bicyclic) bond motifs is 1. The standard InChI is InChI=1S/C28H32N4O5/c1-3-31(22-8-10-24(25(17-22)34-2)37-27-6-4-5-11-29-27)19-28(33)32-14-12-30(13-15-32)18-21-7-9-23-26(16-21)36-20-35-23/h4-11,16-17H,3,12-15,18-20H2,1-2H3. The van der Waals surface area contributed by atoms with E-state index < -0.39 is 0 Å². The van der Waals surface area contributed by atoms with Gasteiger partial charge in [0.05, 0.1) is 13.7 Å². The molecule has 2 aliphatic rings. The zero-order valence-corrected chi connectivity index (χ0v) is 21.3. The van der Waals surface area contributed by atoms with Gasteiger partial charge in [-0.2, -0.15) is 0 Å². The van der Waals surface area contributed by atoms with Crippen molar-refractivity contribution in [1.29, 1.82) is 0 Å². The molecule has 0 saturated carbocycles. The molecule has 9 heteroatoms. The predicted molar refractivity (Wildman–Crippen MR) is 140 cm³/mol. The van der Waals surface area contributed by atoms with Crippen molar-refractivity contribution in [2.75, 3.05) is 58.1 Å². The summed E-state index contributed by atoms with van der Waals surface area (Å²) in [4.78, 5) is 23.7. The number of likely N-dealkylation sites (N-methyl/N-ethyl adjacent to an activating group) is 1. The number of amides is 1. The number of carbonyl (C=O) groups excluding carboxylic acids is 1. The summed E-state index contributed by atoms with van der Waals surface area (Å²) in [5.41, 5.74) is 2.09. The fourth-order valence-corrected chi connectivity index (χ4v) is 4.56. The van der Waals surface area contributed by atoms with Gasteiger partial charge >= 0.3 is 0 Å². The first kappa shape index (κ1) is 24.7. The van der Waals surface area contributed by atoms with Crippen LogP contribution in [0.3, 0.4) is 0 Å². The summed E-state index contributed by atoms with van der Waals surface area (Å²) in [5.74, 6) is 3.38. The minimum Gasteiger partial charge on any atom is -0.493 e. The van der Waals surface area contributed by atoms with Gasteiger partial charge in [-0.15, -0.1) is 0 Å². The predicted octanol–water partition coefficient (Wildman–Crippen LogP) is 3.78. The number of rotatable bonds is 9. The molecular formula is C28H32N4O5. The minimum absolute atomic E-state index is 0.123. The molecular weight excluding hydrogens is 472 g/mol. The average molecular weight is 505 g/mol. The Labute approximate surface area is 217 Å². The Morgan fingerprint density at radius 1 is 1.00 bits per heavy atom. The number of hydrogen-bond donors (Lipinski definition) is 0. The molecule has 0 N–H and O–H groups in total. The summed E-state index contributed by atoms with van der Waals surface area (Å²) in [6.07, 6.45) is 1.68. The van der Waals surface area contributed by atoms with Gasteiger partial charge in [-0.05, 0) is 42.8 Å². The highest BCUT2D eigenvalue weighted by Crippen LogP contribution is 2.35. The maximum atomic E-state index is 13.2. The molecule has 1 amide bonds. The van der Waals surface area contributed by atoms with Crippen molar-refractivity contribution in [3.8, 4) is 28.9 Å². The first-order valence-electron chi connectivity index (χ1n) is 12.5. The van der Waals surface area contributed by atoms with Crippen LogP contribution in [-0.4, -0.2) is 73.9 Å². The van der Waals surface area contributed by atoms with Gasteiger partial charge in [0, 0.05) is 63.3 Å². The summed E-state index contributed by atoms with van der Waals surface area (Å²) in [7, 11) is 1.61. The number of anilines is 1. The second-order valence-corrected chi connectivity index (χ2v) is 8.96. The third-order valence-electron chi connectivity index (χ3n) is 6.64. The van der Waals surface area contributed by atoms with Crippen molar-refractivity contribution < 1.29 is 23.7 Å². The van der Waals surface area contributed by atoms with Crippen LogP contribution in [0.5, 0.6) is 28.9 Å². The number of piperazine rings is 1. The minimum atomic E-state index is 0.123. The Morgan fingerprint density at radius 2 is 1.84 bits per heavy atom. The summed E-state index contributed by atoms with van der Waals surface area (Å²) in [5, 5.41) is 0. The number of nitrogens with zero attached hydrogens (tertiary/aromatic N) is 4. The van der Waals surface area contributed by atoms with E-state index in [1.807, 2.05) is 59.2 Å². The molecule has 5 rings (SSSR count). The molecule has 0 aliphatic carbocycles. The van der Waals surface area contributed by atoms with Gasteiger partial charge in [-0.1, -0.05) is 12.1 Å². The van der Waals surface area contributed by atoms with E-state index in [1.54, 1.807) is 19.4 Å². The molecule has 0 spiro atoms. The summed E-state index contributed by atoms with van der Waals surface area (Å²) in [6.45, 7) is 7.24. The van der Waals surface area contributed by atoms with Crippen LogP contribution >= 0.6 is 0 Å². The average Bonchev–Trinajstić information content (AvgIpc) is 3.41. The summed E-state index contributed by atoms with van der Waals surface area (Å²) in [6, 6.07) is 17.3. The topological polar surface area (TPSA) is 76.6 Å². The maximum absolute atomic E-state index is 13.2. The Kier molecular flexibility index (Phi) is 7.60. The van der Waals surface area contributed by atoms with Crippen molar-refractivity contribution >= 4 is 11.6 Å². The third-order valence-corrected chi connectivity index (χ3v) is 6.64. The van der Waals surface area contributed by atoms with Crippen LogP contribution in [0.4, 0.5) is 5.69 Å². The summed E-state index contributed by atoms with van der Waals surface area (Å²) < 4.78 is 22.3. The zero-order chi connectivity index (χ0) is 25.6. The fraction of sp³-hybridized carbons (Fsp3) is 0.357. The van der Waals surface area contributed by atoms with E-state index in [1.165, 1.54) is 5.56 Å². The molecule has 3 heterocycles. The van der Waals surface area contributed by atoms with Crippen LogP contribution in [0.1, 0.15) is 12.5 Å². The third kappa shape index (κ3) is 5.89. The largest absolute Gasteiger partial charge is 0.493 e. The van der Waals surface area contributed by atoms with Gasteiger partial charge in [-0.25, -0.2) is 4.98 Å². The highest BCUT2D eigenvalue weighted by Gasteiger charge is 2.24. The van der Waals surface area contributed by atoms with Crippen molar-refractivity contribution in [3.63, 3.8) is 0 Å². The Bertz CT molecular complexity index is 1210. The SMILES string of the molecule is CCN(CC(=O)N1CCN(Cc2ccc3c(c2)OCO3)CC1)c1ccc(Oc2ccccn2)c(OC)c1. The molecule has 0 unspecified atom stereocenters. The van der Waals surface area contributed by atoms with Gasteiger partial charge in [0.1, 0.15) is 0 Å². The lowest BCUT2D eigenvalue weighted by molar-refractivity contribution is -0.131. The molecule has 3 aromatic rings. The van der Waals surface area contributed by atoms with Gasteiger partial charge < -0.3 is 28.7 Å². The lowest BCUT2D eigenvalue weighted by Gasteiger charge is -2.36. The number of carbonyl (C=O) groups is 1. The van der Waals surface area contributed by atoms with Crippen LogP contribution in [0.15, 0.2) is 60.8 Å². The molecule has 0 bridgehead atoms. The highest BCUT2D eigenvalue weighted by atomic mass is 16.7. The second-order valence-electron chi connectivity index (χ2n) is 8.96. The zero-order valence-electron chi connectivity index (χ0n) is 21.3. The van der Waals surface area contributed by atoms with E-state index in [-0.39, 0.29) is 12.7 Å². The van der Waals surface area contributed by atoms with E-state index in [9.17, 15) is 4.79 Å². The first-order chi connectivity index (χ1) is 18.1. The number of hydrogen-bond acceptors (Lipinski definition) is 8. The highest BCUT2D eigenvalue weighted by molar-refractivity contribution is 5.82.